The molecule has 2 N–H and O–H groups in total. The minimum absolute atomic E-state index is 0.111. The monoisotopic (exact) mass is 226 g/mol. The highest BCUT2D eigenvalue weighted by molar-refractivity contribution is 5.38. The van der Waals surface area contributed by atoms with Crippen LogP contribution in [0.3, 0.4) is 0 Å². The average molecular weight is 226 g/mol. The van der Waals surface area contributed by atoms with E-state index in [0.29, 0.717) is 0 Å². The van der Waals surface area contributed by atoms with Gasteiger partial charge in [-0.05, 0) is 32.9 Å². The lowest BCUT2D eigenvalue weighted by molar-refractivity contribution is -0.386. The van der Waals surface area contributed by atoms with Crippen LogP contribution in [0.4, 0.5) is 5.69 Å². The van der Waals surface area contributed by atoms with Crippen LogP contribution in [0.5, 0.6) is 5.88 Å². The van der Waals surface area contributed by atoms with Crippen LogP contribution in [0.15, 0.2) is 6.20 Å². The van der Waals surface area contributed by atoms with Gasteiger partial charge in [0.05, 0.1) is 4.92 Å². The van der Waals surface area contributed by atoms with Crippen molar-refractivity contribution in [1.29, 1.82) is 0 Å². The maximum Gasteiger partial charge on any atom is 0.350 e. The van der Waals surface area contributed by atoms with Crippen LogP contribution in [0.25, 0.3) is 0 Å². The number of nitro groups is 1. The second kappa shape index (κ2) is 4.09. The molecule has 7 nitrogen and oxygen atoms in total. The Balaban J connectivity index is 2.13. The Morgan fingerprint density at radius 1 is 1.56 bits per heavy atom. The Bertz CT molecular complexity index is 384. The molecule has 88 valence electrons. The van der Waals surface area contributed by atoms with Gasteiger partial charge in [-0.3, -0.25) is 10.1 Å². The van der Waals surface area contributed by atoms with Gasteiger partial charge in [-0.25, -0.2) is 5.10 Å². The van der Waals surface area contributed by atoms with Gasteiger partial charge in [-0.2, -0.15) is 5.10 Å². The van der Waals surface area contributed by atoms with E-state index in [0.717, 1.165) is 25.9 Å². The third kappa shape index (κ3) is 2.13. The Morgan fingerprint density at radius 2 is 2.25 bits per heavy atom. The first-order valence-corrected chi connectivity index (χ1v) is 5.18. The minimum atomic E-state index is -0.497. The van der Waals surface area contributed by atoms with Gasteiger partial charge in [0.2, 0.25) is 0 Å². The summed E-state index contributed by atoms with van der Waals surface area (Å²) in [6.45, 7) is 3.68. The largest absolute Gasteiger partial charge is 0.467 e. The van der Waals surface area contributed by atoms with Crippen molar-refractivity contribution in [1.82, 2.24) is 15.5 Å². The van der Waals surface area contributed by atoms with Crippen molar-refractivity contribution in [2.75, 3.05) is 13.1 Å². The van der Waals surface area contributed by atoms with E-state index in [4.69, 9.17) is 4.74 Å². The number of nitrogens with zero attached hydrogens (tertiary/aromatic N) is 2. The van der Waals surface area contributed by atoms with Crippen LogP contribution in [0.2, 0.25) is 0 Å². The second-order valence-corrected chi connectivity index (χ2v) is 4.14. The molecule has 0 spiro atoms. The number of H-pyrrole nitrogens is 1. The maximum atomic E-state index is 10.7. The van der Waals surface area contributed by atoms with Gasteiger partial charge in [0, 0.05) is 0 Å². The van der Waals surface area contributed by atoms with Crippen LogP contribution in [-0.2, 0) is 0 Å². The van der Waals surface area contributed by atoms with E-state index in [-0.39, 0.29) is 17.2 Å². The smallest absolute Gasteiger partial charge is 0.350 e. The van der Waals surface area contributed by atoms with Gasteiger partial charge in [-0.15, -0.1) is 0 Å². The van der Waals surface area contributed by atoms with Gasteiger partial charge in [-0.1, -0.05) is 0 Å². The first kappa shape index (κ1) is 10.9. The molecule has 0 unspecified atom stereocenters. The van der Waals surface area contributed by atoms with Gasteiger partial charge >= 0.3 is 5.69 Å². The number of nitrogens with one attached hydrogen (secondary N) is 2. The Morgan fingerprint density at radius 3 is 2.88 bits per heavy atom. The van der Waals surface area contributed by atoms with Crippen molar-refractivity contribution in [2.24, 2.45) is 0 Å². The fraction of sp³-hybridized carbons (Fsp3) is 0.667. The van der Waals surface area contributed by atoms with E-state index in [1.54, 1.807) is 0 Å². The molecule has 1 aliphatic rings. The SMILES string of the molecule is CC1(Oc2[nH]ncc2[N+](=O)[O-])CCNCC1. The summed E-state index contributed by atoms with van der Waals surface area (Å²) in [4.78, 5) is 10.2. The fourth-order valence-electron chi connectivity index (χ4n) is 1.78. The predicted octanol–water partition coefficient (Wildman–Crippen LogP) is 0.839. The number of piperidine rings is 1. The van der Waals surface area contributed by atoms with Crippen molar-refractivity contribution >= 4 is 5.69 Å². The molecule has 1 aromatic rings. The number of hydrogen-bond acceptors (Lipinski definition) is 5. The molecule has 0 atom stereocenters. The normalized spacial score (nSPS) is 19.3. The van der Waals surface area contributed by atoms with Gasteiger partial charge in [0.25, 0.3) is 5.88 Å². The molecule has 2 rings (SSSR count). The summed E-state index contributed by atoms with van der Waals surface area (Å²) in [6.07, 6.45) is 2.81. The van der Waals surface area contributed by atoms with E-state index >= 15 is 0 Å². The molecule has 7 heteroatoms. The van der Waals surface area contributed by atoms with Crippen LogP contribution in [-0.4, -0.2) is 33.8 Å². The quantitative estimate of drug-likeness (QED) is 0.588. The fourth-order valence-corrected chi connectivity index (χ4v) is 1.78. The van der Waals surface area contributed by atoms with E-state index in [1.807, 2.05) is 6.92 Å². The predicted molar refractivity (Wildman–Crippen MR) is 56.4 cm³/mol. The summed E-state index contributed by atoms with van der Waals surface area (Å²) >= 11 is 0. The lowest BCUT2D eigenvalue weighted by Crippen LogP contribution is -2.44. The number of rotatable bonds is 3. The molecule has 0 amide bonds. The Kier molecular flexibility index (Phi) is 2.78. The average Bonchev–Trinajstić information content (AvgIpc) is 2.66. The molecule has 1 fully saturated rings. The molecule has 0 bridgehead atoms. The van der Waals surface area contributed by atoms with E-state index in [9.17, 15) is 10.1 Å². The highest BCUT2D eigenvalue weighted by Crippen LogP contribution is 2.30. The van der Waals surface area contributed by atoms with E-state index in [1.165, 1.54) is 6.20 Å². The molecule has 1 aliphatic heterocycles. The molecular formula is C9H14N4O3. The number of aromatic amines is 1. The van der Waals surface area contributed by atoms with Crippen LogP contribution < -0.4 is 10.1 Å². The highest BCUT2D eigenvalue weighted by atomic mass is 16.6. The molecule has 16 heavy (non-hydrogen) atoms. The summed E-state index contributed by atoms with van der Waals surface area (Å²) in [6, 6.07) is 0. The van der Waals surface area contributed by atoms with Gasteiger partial charge in [0.1, 0.15) is 11.8 Å². The molecule has 0 radical (unpaired) electrons. The molecule has 0 aliphatic carbocycles. The molecule has 0 saturated carbocycles. The van der Waals surface area contributed by atoms with E-state index < -0.39 is 4.92 Å². The third-order valence-corrected chi connectivity index (χ3v) is 2.79. The summed E-state index contributed by atoms with van der Waals surface area (Å²) < 4.78 is 5.68. The molecule has 1 aromatic heterocycles. The molecule has 1 saturated heterocycles. The Hall–Kier alpha value is -1.63. The van der Waals surface area contributed by atoms with E-state index in [2.05, 4.69) is 15.5 Å². The zero-order chi connectivity index (χ0) is 11.6. The molecule has 2 heterocycles. The first-order chi connectivity index (χ1) is 7.61. The summed E-state index contributed by atoms with van der Waals surface area (Å²) in [5.74, 6) is 0.148. The summed E-state index contributed by atoms with van der Waals surface area (Å²) in [7, 11) is 0. The number of aromatic nitrogens is 2. The molecular weight excluding hydrogens is 212 g/mol. The lowest BCUT2D eigenvalue weighted by atomic mass is 9.95. The van der Waals surface area contributed by atoms with Crippen LogP contribution in [0, 0.1) is 10.1 Å². The standard InChI is InChI=1S/C9H14N4O3/c1-9(2-4-10-5-3-9)16-8-7(13(14)15)6-11-12-8/h6,10H,2-5H2,1H3,(H,11,12). The number of ether oxygens (including phenoxy) is 1. The maximum absolute atomic E-state index is 10.7. The molecule has 0 aromatic carbocycles. The summed E-state index contributed by atoms with van der Waals surface area (Å²) in [5, 5.41) is 20.1. The third-order valence-electron chi connectivity index (χ3n) is 2.79. The van der Waals surface area contributed by atoms with Crippen LogP contribution in [0.1, 0.15) is 19.8 Å². The van der Waals surface area contributed by atoms with Gasteiger partial charge < -0.3 is 10.1 Å². The Labute approximate surface area is 92.3 Å². The number of hydrogen-bond donors (Lipinski definition) is 2. The summed E-state index contributed by atoms with van der Waals surface area (Å²) in [5.41, 5.74) is -0.470. The second-order valence-electron chi connectivity index (χ2n) is 4.14. The van der Waals surface area contributed by atoms with Crippen LogP contribution >= 0.6 is 0 Å². The zero-order valence-electron chi connectivity index (χ0n) is 9.02. The first-order valence-electron chi connectivity index (χ1n) is 5.18. The van der Waals surface area contributed by atoms with Crippen molar-refractivity contribution in [3.63, 3.8) is 0 Å². The highest BCUT2D eigenvalue weighted by Gasteiger charge is 2.32. The van der Waals surface area contributed by atoms with Crippen molar-refractivity contribution < 1.29 is 9.66 Å². The lowest BCUT2D eigenvalue weighted by Gasteiger charge is -2.33. The van der Waals surface area contributed by atoms with Gasteiger partial charge in [0.15, 0.2) is 0 Å². The van der Waals surface area contributed by atoms with Crippen molar-refractivity contribution in [3.8, 4) is 5.88 Å². The topological polar surface area (TPSA) is 93.1 Å². The van der Waals surface area contributed by atoms with Crippen molar-refractivity contribution in [2.45, 2.75) is 25.4 Å². The minimum Gasteiger partial charge on any atom is -0.467 e. The zero-order valence-corrected chi connectivity index (χ0v) is 9.02. The van der Waals surface area contributed by atoms with Crippen molar-refractivity contribution in [3.05, 3.63) is 16.3 Å².